The zero-order valence-electron chi connectivity index (χ0n) is 11.1. The Morgan fingerprint density at radius 1 is 1.33 bits per heavy atom. The van der Waals surface area contributed by atoms with Crippen LogP contribution in [0.5, 0.6) is 11.5 Å². The fourth-order valence-corrected chi connectivity index (χ4v) is 2.61. The first kappa shape index (κ1) is 13.2. The molecule has 1 saturated heterocycles. The summed E-state index contributed by atoms with van der Waals surface area (Å²) >= 11 is 0. The van der Waals surface area contributed by atoms with Crippen LogP contribution >= 0.6 is 0 Å². The first-order valence-electron chi connectivity index (χ1n) is 6.35. The number of aliphatic hydroxyl groups is 1. The lowest BCUT2D eigenvalue weighted by atomic mass is 10.1. The molecule has 1 heterocycles. The summed E-state index contributed by atoms with van der Waals surface area (Å²) < 4.78 is 10.7. The Morgan fingerprint density at radius 2 is 2.17 bits per heavy atom. The van der Waals surface area contributed by atoms with Crippen LogP contribution in [0.3, 0.4) is 0 Å². The summed E-state index contributed by atoms with van der Waals surface area (Å²) in [6.07, 6.45) is 2.22. The third-order valence-corrected chi connectivity index (χ3v) is 3.57. The summed E-state index contributed by atoms with van der Waals surface area (Å²) in [5.74, 6) is 1.55. The molecule has 1 aliphatic rings. The third-order valence-electron chi connectivity index (χ3n) is 3.57. The molecule has 1 fully saturated rings. The molecule has 1 aromatic rings. The molecule has 1 atom stereocenters. The number of hydrogen-bond acceptors (Lipinski definition) is 4. The molecule has 0 radical (unpaired) electrons. The molecule has 18 heavy (non-hydrogen) atoms. The van der Waals surface area contributed by atoms with Crippen LogP contribution in [-0.4, -0.2) is 43.4 Å². The van der Waals surface area contributed by atoms with E-state index >= 15 is 0 Å². The quantitative estimate of drug-likeness (QED) is 0.864. The van der Waals surface area contributed by atoms with Crippen molar-refractivity contribution in [1.82, 2.24) is 4.90 Å². The average molecular weight is 251 g/mol. The molecule has 0 aromatic heterocycles. The smallest absolute Gasteiger partial charge is 0.165 e. The lowest BCUT2D eigenvalue weighted by Gasteiger charge is -2.24. The van der Waals surface area contributed by atoms with Crippen LogP contribution in [0.25, 0.3) is 0 Å². The van der Waals surface area contributed by atoms with Gasteiger partial charge in [-0.05, 0) is 25.5 Å². The zero-order chi connectivity index (χ0) is 13.0. The predicted molar refractivity (Wildman–Crippen MR) is 70.1 cm³/mol. The summed E-state index contributed by atoms with van der Waals surface area (Å²) in [6.45, 7) is 2.06. The van der Waals surface area contributed by atoms with Crippen LogP contribution in [0, 0.1) is 0 Å². The van der Waals surface area contributed by atoms with Gasteiger partial charge in [-0.3, -0.25) is 4.90 Å². The average Bonchev–Trinajstić information content (AvgIpc) is 2.85. The lowest BCUT2D eigenvalue weighted by Crippen LogP contribution is -2.31. The van der Waals surface area contributed by atoms with Crippen molar-refractivity contribution in [3.05, 3.63) is 23.8 Å². The minimum Gasteiger partial charge on any atom is -0.493 e. The topological polar surface area (TPSA) is 41.9 Å². The van der Waals surface area contributed by atoms with Gasteiger partial charge in [-0.2, -0.15) is 0 Å². The maximum Gasteiger partial charge on any atom is 0.165 e. The number of aliphatic hydroxyl groups excluding tert-OH is 1. The molecular formula is C14H21NO3. The normalized spacial score (nSPS) is 20.1. The van der Waals surface area contributed by atoms with Gasteiger partial charge >= 0.3 is 0 Å². The van der Waals surface area contributed by atoms with E-state index < -0.39 is 0 Å². The van der Waals surface area contributed by atoms with E-state index in [2.05, 4.69) is 4.90 Å². The molecule has 4 nitrogen and oxygen atoms in total. The Kier molecular flexibility index (Phi) is 4.44. The summed E-state index contributed by atoms with van der Waals surface area (Å²) in [6, 6.07) is 6.20. The number of methoxy groups -OCH3 is 2. The molecule has 0 spiro atoms. The van der Waals surface area contributed by atoms with Gasteiger partial charge in [-0.15, -0.1) is 0 Å². The van der Waals surface area contributed by atoms with Crippen LogP contribution in [0.1, 0.15) is 18.4 Å². The Balaban J connectivity index is 2.18. The van der Waals surface area contributed by atoms with E-state index in [4.69, 9.17) is 9.47 Å². The van der Waals surface area contributed by atoms with Gasteiger partial charge in [0.15, 0.2) is 11.5 Å². The maximum atomic E-state index is 9.34. The molecule has 1 aromatic carbocycles. The summed E-state index contributed by atoms with van der Waals surface area (Å²) in [5.41, 5.74) is 1.11. The van der Waals surface area contributed by atoms with E-state index in [-0.39, 0.29) is 12.6 Å². The van der Waals surface area contributed by atoms with Crippen molar-refractivity contribution in [2.45, 2.75) is 25.4 Å². The summed E-state index contributed by atoms with van der Waals surface area (Å²) in [5, 5.41) is 9.34. The van der Waals surface area contributed by atoms with E-state index in [9.17, 15) is 5.11 Å². The Hall–Kier alpha value is -1.26. The van der Waals surface area contributed by atoms with Gasteiger partial charge in [-0.25, -0.2) is 0 Å². The van der Waals surface area contributed by atoms with Crippen LogP contribution in [0.4, 0.5) is 0 Å². The fraction of sp³-hybridized carbons (Fsp3) is 0.571. The van der Waals surface area contributed by atoms with Gasteiger partial charge in [0.25, 0.3) is 0 Å². The maximum absolute atomic E-state index is 9.34. The molecule has 0 aliphatic carbocycles. The number of para-hydroxylation sites is 1. The van der Waals surface area contributed by atoms with Gasteiger partial charge < -0.3 is 14.6 Å². The van der Waals surface area contributed by atoms with E-state index in [0.29, 0.717) is 0 Å². The van der Waals surface area contributed by atoms with E-state index in [1.807, 2.05) is 18.2 Å². The molecule has 0 bridgehead atoms. The first-order valence-corrected chi connectivity index (χ1v) is 6.35. The minimum absolute atomic E-state index is 0.228. The number of hydrogen-bond donors (Lipinski definition) is 1. The highest BCUT2D eigenvalue weighted by Gasteiger charge is 2.25. The molecular weight excluding hydrogens is 230 g/mol. The Labute approximate surface area is 108 Å². The third kappa shape index (κ3) is 2.60. The van der Waals surface area contributed by atoms with Gasteiger partial charge in [0.2, 0.25) is 0 Å². The number of rotatable bonds is 5. The molecule has 2 rings (SSSR count). The number of likely N-dealkylation sites (tertiary alicyclic amines) is 1. The highest BCUT2D eigenvalue weighted by Crippen LogP contribution is 2.32. The zero-order valence-corrected chi connectivity index (χ0v) is 11.1. The van der Waals surface area contributed by atoms with Crippen LogP contribution in [0.2, 0.25) is 0 Å². The minimum atomic E-state index is 0.228. The van der Waals surface area contributed by atoms with Gasteiger partial charge in [-0.1, -0.05) is 12.1 Å². The Bertz CT molecular complexity index is 395. The number of benzene rings is 1. The lowest BCUT2D eigenvalue weighted by molar-refractivity contribution is 0.152. The van der Waals surface area contributed by atoms with Gasteiger partial charge in [0.1, 0.15) is 0 Å². The van der Waals surface area contributed by atoms with Crippen LogP contribution < -0.4 is 9.47 Å². The summed E-state index contributed by atoms with van der Waals surface area (Å²) in [4.78, 5) is 2.30. The molecule has 1 N–H and O–H groups in total. The molecule has 1 aliphatic heterocycles. The standard InChI is InChI=1S/C14H21NO3/c1-17-13-7-3-5-11(14(13)18-2)9-15-8-4-6-12(15)10-16/h3,5,7,12,16H,4,6,8-10H2,1-2H3/t12-/m1/s1. The monoisotopic (exact) mass is 251 g/mol. The van der Waals surface area contributed by atoms with Gasteiger partial charge in [0.05, 0.1) is 20.8 Å². The van der Waals surface area contributed by atoms with E-state index in [1.54, 1.807) is 14.2 Å². The molecule has 0 unspecified atom stereocenters. The predicted octanol–water partition coefficient (Wildman–Crippen LogP) is 1.66. The molecule has 0 amide bonds. The Morgan fingerprint density at radius 3 is 2.83 bits per heavy atom. The fourth-order valence-electron chi connectivity index (χ4n) is 2.61. The van der Waals surface area contributed by atoms with Crippen molar-refractivity contribution in [3.8, 4) is 11.5 Å². The van der Waals surface area contributed by atoms with Crippen LogP contribution in [0.15, 0.2) is 18.2 Å². The van der Waals surface area contributed by atoms with Crippen molar-refractivity contribution < 1.29 is 14.6 Å². The van der Waals surface area contributed by atoms with Gasteiger partial charge in [0, 0.05) is 18.2 Å². The van der Waals surface area contributed by atoms with Crippen LogP contribution in [-0.2, 0) is 6.54 Å². The first-order chi connectivity index (χ1) is 8.80. The molecule has 0 saturated carbocycles. The second-order valence-corrected chi connectivity index (χ2v) is 4.60. The van der Waals surface area contributed by atoms with Crippen molar-refractivity contribution >= 4 is 0 Å². The highest BCUT2D eigenvalue weighted by molar-refractivity contribution is 5.46. The van der Waals surface area contributed by atoms with Crippen molar-refractivity contribution in [3.63, 3.8) is 0 Å². The van der Waals surface area contributed by atoms with E-state index in [0.717, 1.165) is 43.0 Å². The second kappa shape index (κ2) is 6.07. The number of nitrogens with zero attached hydrogens (tertiary/aromatic N) is 1. The molecule has 4 heteroatoms. The highest BCUT2D eigenvalue weighted by atomic mass is 16.5. The second-order valence-electron chi connectivity index (χ2n) is 4.60. The SMILES string of the molecule is COc1cccc(CN2CCC[C@@H]2CO)c1OC. The molecule has 100 valence electrons. The van der Waals surface area contributed by atoms with Crippen molar-refractivity contribution in [1.29, 1.82) is 0 Å². The summed E-state index contributed by atoms with van der Waals surface area (Å²) in [7, 11) is 3.31. The van der Waals surface area contributed by atoms with E-state index in [1.165, 1.54) is 0 Å². The van der Waals surface area contributed by atoms with Crippen molar-refractivity contribution in [2.24, 2.45) is 0 Å². The number of ether oxygens (including phenoxy) is 2. The van der Waals surface area contributed by atoms with Crippen molar-refractivity contribution in [2.75, 3.05) is 27.4 Å². The largest absolute Gasteiger partial charge is 0.493 e.